The maximum absolute atomic E-state index is 4.20. The smallest absolute Gasteiger partial charge is 0.00304 e. The van der Waals surface area contributed by atoms with E-state index in [9.17, 15) is 0 Å². The zero-order chi connectivity index (χ0) is 9.52. The van der Waals surface area contributed by atoms with Gasteiger partial charge in [-0.15, -0.1) is 0 Å². The molecular formula is C12H20. The highest BCUT2D eigenvalue weighted by atomic mass is 14.4. The molecule has 68 valence electrons. The van der Waals surface area contributed by atoms with E-state index < -0.39 is 0 Å². The monoisotopic (exact) mass is 164 g/mol. The van der Waals surface area contributed by atoms with Crippen LogP contribution < -0.4 is 0 Å². The molecule has 1 atom stereocenters. The molecule has 1 saturated carbocycles. The third-order valence-electron chi connectivity index (χ3n) is 3.02. The van der Waals surface area contributed by atoms with E-state index in [4.69, 9.17) is 0 Å². The molecule has 12 heavy (non-hydrogen) atoms. The summed E-state index contributed by atoms with van der Waals surface area (Å²) in [6, 6.07) is 0. The molecule has 1 aliphatic rings. The highest BCUT2D eigenvalue weighted by Crippen LogP contribution is 2.50. The van der Waals surface area contributed by atoms with Gasteiger partial charge in [0.15, 0.2) is 0 Å². The summed E-state index contributed by atoms with van der Waals surface area (Å²) < 4.78 is 0. The lowest BCUT2D eigenvalue weighted by Gasteiger charge is -2.23. The van der Waals surface area contributed by atoms with E-state index in [1.807, 2.05) is 0 Å². The van der Waals surface area contributed by atoms with Crippen molar-refractivity contribution in [1.29, 1.82) is 0 Å². The topological polar surface area (TPSA) is 0 Å². The molecule has 1 rings (SSSR count). The molecule has 0 spiro atoms. The lowest BCUT2D eigenvalue weighted by atomic mass is 9.82. The molecule has 0 aliphatic heterocycles. The highest BCUT2D eigenvalue weighted by molar-refractivity contribution is 5.32. The normalized spacial score (nSPS) is 28.6. The van der Waals surface area contributed by atoms with E-state index in [1.54, 1.807) is 0 Å². The summed E-state index contributed by atoms with van der Waals surface area (Å²) in [5.41, 5.74) is 3.04. The first kappa shape index (κ1) is 9.57. The fraction of sp³-hybridized carbons (Fsp3) is 0.667. The summed E-state index contributed by atoms with van der Waals surface area (Å²) in [6.07, 6.45) is 1.12. The molecule has 0 nitrogen and oxygen atoms in total. The van der Waals surface area contributed by atoms with Crippen LogP contribution in [0.3, 0.4) is 0 Å². The molecule has 0 heteroatoms. The SMILES string of the molecule is C=C1CC(C)(C)C(=C)C1C(C)C. The van der Waals surface area contributed by atoms with Crippen LogP contribution in [0.4, 0.5) is 0 Å². The largest absolute Gasteiger partial charge is 0.0992 e. The average Bonchev–Trinajstić information content (AvgIpc) is 2.02. The lowest BCUT2D eigenvalue weighted by Crippen LogP contribution is -2.13. The zero-order valence-corrected chi connectivity index (χ0v) is 8.78. The molecule has 0 heterocycles. The van der Waals surface area contributed by atoms with Crippen molar-refractivity contribution in [3.8, 4) is 0 Å². The fourth-order valence-electron chi connectivity index (χ4n) is 2.33. The molecule has 0 saturated heterocycles. The van der Waals surface area contributed by atoms with Gasteiger partial charge in [0.05, 0.1) is 0 Å². The molecule has 0 aromatic rings. The van der Waals surface area contributed by atoms with E-state index in [2.05, 4.69) is 40.9 Å². The Morgan fingerprint density at radius 3 is 2.00 bits per heavy atom. The molecule has 0 bridgehead atoms. The van der Waals surface area contributed by atoms with Crippen LogP contribution in [-0.4, -0.2) is 0 Å². The minimum atomic E-state index is 0.284. The van der Waals surface area contributed by atoms with E-state index in [1.165, 1.54) is 11.1 Å². The fourth-order valence-corrected chi connectivity index (χ4v) is 2.33. The van der Waals surface area contributed by atoms with Crippen LogP contribution >= 0.6 is 0 Å². The Balaban J connectivity index is 2.93. The van der Waals surface area contributed by atoms with Crippen LogP contribution in [0, 0.1) is 17.3 Å². The van der Waals surface area contributed by atoms with E-state index in [-0.39, 0.29) is 5.41 Å². The molecule has 0 N–H and O–H groups in total. The van der Waals surface area contributed by atoms with Gasteiger partial charge in [0.2, 0.25) is 0 Å². The van der Waals surface area contributed by atoms with Gasteiger partial charge in [-0.25, -0.2) is 0 Å². The Kier molecular flexibility index (Phi) is 2.20. The zero-order valence-electron chi connectivity index (χ0n) is 8.78. The summed E-state index contributed by atoms with van der Waals surface area (Å²) in [6.45, 7) is 17.4. The Hall–Kier alpha value is -0.520. The predicted molar refractivity (Wildman–Crippen MR) is 55.0 cm³/mol. The average molecular weight is 164 g/mol. The van der Waals surface area contributed by atoms with Crippen molar-refractivity contribution >= 4 is 0 Å². The second kappa shape index (κ2) is 2.76. The van der Waals surface area contributed by atoms with Gasteiger partial charge in [-0.05, 0) is 17.8 Å². The van der Waals surface area contributed by atoms with Gasteiger partial charge in [0.25, 0.3) is 0 Å². The summed E-state index contributed by atoms with van der Waals surface area (Å²) in [7, 11) is 0. The van der Waals surface area contributed by atoms with Gasteiger partial charge in [0.1, 0.15) is 0 Å². The van der Waals surface area contributed by atoms with Gasteiger partial charge in [-0.1, -0.05) is 52.0 Å². The summed E-state index contributed by atoms with van der Waals surface area (Å²) >= 11 is 0. The molecule has 1 unspecified atom stereocenters. The van der Waals surface area contributed by atoms with Crippen LogP contribution in [0.5, 0.6) is 0 Å². The second-order valence-corrected chi connectivity index (χ2v) is 4.97. The third kappa shape index (κ3) is 1.35. The quantitative estimate of drug-likeness (QED) is 0.517. The van der Waals surface area contributed by atoms with E-state index in [0.29, 0.717) is 11.8 Å². The Bertz CT molecular complexity index is 218. The molecular weight excluding hydrogens is 144 g/mol. The van der Waals surface area contributed by atoms with Crippen LogP contribution in [0.15, 0.2) is 24.3 Å². The van der Waals surface area contributed by atoms with Gasteiger partial charge in [-0.2, -0.15) is 0 Å². The maximum atomic E-state index is 4.20. The van der Waals surface area contributed by atoms with Crippen molar-refractivity contribution in [2.75, 3.05) is 0 Å². The molecule has 0 aromatic heterocycles. The summed E-state index contributed by atoms with van der Waals surface area (Å²) in [5, 5.41) is 0. The molecule has 0 amide bonds. The van der Waals surface area contributed by atoms with Gasteiger partial charge in [0, 0.05) is 5.92 Å². The number of rotatable bonds is 1. The second-order valence-electron chi connectivity index (χ2n) is 4.97. The number of allylic oxidation sites excluding steroid dienone is 2. The van der Waals surface area contributed by atoms with Crippen molar-refractivity contribution in [2.24, 2.45) is 17.3 Å². The maximum Gasteiger partial charge on any atom is 0.00304 e. The molecule has 0 radical (unpaired) electrons. The molecule has 1 fully saturated rings. The van der Waals surface area contributed by atoms with Gasteiger partial charge in [-0.3, -0.25) is 0 Å². The van der Waals surface area contributed by atoms with Crippen LogP contribution in [-0.2, 0) is 0 Å². The van der Waals surface area contributed by atoms with Crippen LogP contribution in [0.1, 0.15) is 34.1 Å². The summed E-state index contributed by atoms with van der Waals surface area (Å²) in [4.78, 5) is 0. The highest BCUT2D eigenvalue weighted by Gasteiger charge is 2.38. The van der Waals surface area contributed by atoms with Crippen molar-refractivity contribution in [2.45, 2.75) is 34.1 Å². The first-order chi connectivity index (χ1) is 5.36. The van der Waals surface area contributed by atoms with Crippen molar-refractivity contribution in [1.82, 2.24) is 0 Å². The third-order valence-corrected chi connectivity index (χ3v) is 3.02. The molecule has 1 aliphatic carbocycles. The van der Waals surface area contributed by atoms with Crippen molar-refractivity contribution in [3.63, 3.8) is 0 Å². The van der Waals surface area contributed by atoms with E-state index >= 15 is 0 Å². The summed E-state index contributed by atoms with van der Waals surface area (Å²) in [5.74, 6) is 1.21. The minimum absolute atomic E-state index is 0.284. The Labute approximate surface area is 76.4 Å². The van der Waals surface area contributed by atoms with Crippen molar-refractivity contribution < 1.29 is 0 Å². The Morgan fingerprint density at radius 1 is 1.33 bits per heavy atom. The van der Waals surface area contributed by atoms with Crippen LogP contribution in [0.25, 0.3) is 0 Å². The van der Waals surface area contributed by atoms with Gasteiger partial charge < -0.3 is 0 Å². The first-order valence-corrected chi connectivity index (χ1v) is 4.73. The van der Waals surface area contributed by atoms with E-state index in [0.717, 1.165) is 6.42 Å². The standard InChI is InChI=1S/C12H20/c1-8(2)11-9(3)7-12(5,6)10(11)4/h8,11H,3-4,7H2,1-2,5-6H3. The van der Waals surface area contributed by atoms with Gasteiger partial charge >= 0.3 is 0 Å². The predicted octanol–water partition coefficient (Wildman–Crippen LogP) is 3.80. The number of hydrogen-bond acceptors (Lipinski definition) is 0. The van der Waals surface area contributed by atoms with Crippen molar-refractivity contribution in [3.05, 3.63) is 24.3 Å². The number of hydrogen-bond donors (Lipinski definition) is 0. The lowest BCUT2D eigenvalue weighted by molar-refractivity contribution is 0.448. The minimum Gasteiger partial charge on any atom is -0.0992 e. The Morgan fingerprint density at radius 2 is 1.83 bits per heavy atom. The molecule has 0 aromatic carbocycles. The first-order valence-electron chi connectivity index (χ1n) is 4.73. The van der Waals surface area contributed by atoms with Crippen LogP contribution in [0.2, 0.25) is 0 Å².